The molecule has 0 atom stereocenters. The largest absolute Gasteiger partial charge is 0.279 e. The molecule has 8 rings (SSSR count). The van der Waals surface area contributed by atoms with Crippen molar-refractivity contribution in [3.63, 3.8) is 0 Å². The van der Waals surface area contributed by atoms with Gasteiger partial charge in [-0.25, -0.2) is 9.97 Å². The van der Waals surface area contributed by atoms with E-state index >= 15 is 0 Å². The Hall–Kier alpha value is -7.30. The summed E-state index contributed by atoms with van der Waals surface area (Å²) in [6.45, 7) is 8.46. The van der Waals surface area contributed by atoms with E-state index in [9.17, 15) is 0 Å². The van der Waals surface area contributed by atoms with E-state index in [1.54, 1.807) is 0 Å². The van der Waals surface area contributed by atoms with Gasteiger partial charge in [-0.05, 0) is 77.2 Å². The first-order chi connectivity index (χ1) is 28.1. The van der Waals surface area contributed by atoms with Crippen molar-refractivity contribution < 1.29 is 0 Å². The van der Waals surface area contributed by atoms with E-state index in [1.165, 1.54) is 16.7 Å². The van der Waals surface area contributed by atoms with Gasteiger partial charge in [-0.1, -0.05) is 182 Å². The molecule has 0 radical (unpaired) electrons. The molecular weight excluding hydrogens is 693 g/mol. The molecule has 1 aromatic heterocycles. The highest BCUT2D eigenvalue weighted by atomic mass is 14.9. The zero-order valence-corrected chi connectivity index (χ0v) is 32.2. The average Bonchev–Trinajstić information content (AvgIpc) is 3.28. The first-order valence-electron chi connectivity index (χ1n) is 19.2. The van der Waals surface area contributed by atoms with Crippen LogP contribution >= 0.6 is 0 Å². The van der Waals surface area contributed by atoms with E-state index in [-0.39, 0.29) is 0 Å². The highest BCUT2D eigenvalue weighted by Gasteiger charge is 2.15. The molecule has 4 heteroatoms. The molecular formula is C53H42N4. The minimum absolute atomic E-state index is 0.536. The van der Waals surface area contributed by atoms with Gasteiger partial charge >= 0.3 is 0 Å². The first-order valence-corrected chi connectivity index (χ1v) is 19.2. The molecule has 0 aliphatic rings. The Labute approximate surface area is 335 Å². The summed E-state index contributed by atoms with van der Waals surface area (Å²) in [6.07, 6.45) is 6.18. The number of hydrogen-bond acceptors (Lipinski definition) is 4. The summed E-state index contributed by atoms with van der Waals surface area (Å²) < 4.78 is 0. The molecule has 0 bridgehead atoms. The van der Waals surface area contributed by atoms with Crippen molar-refractivity contribution >= 4 is 34.6 Å². The Morgan fingerprint density at radius 1 is 0.579 bits per heavy atom. The van der Waals surface area contributed by atoms with Crippen LogP contribution in [-0.2, 0) is 6.54 Å². The summed E-state index contributed by atoms with van der Waals surface area (Å²) in [5.74, 6) is 0.714. The summed E-state index contributed by atoms with van der Waals surface area (Å²) in [4.78, 5) is 19.5. The van der Waals surface area contributed by atoms with Crippen LogP contribution in [0.4, 0.5) is 5.69 Å². The topological polar surface area (TPSA) is 50.5 Å². The molecule has 0 aliphatic heterocycles. The molecule has 0 saturated carbocycles. The minimum Gasteiger partial charge on any atom is -0.279 e. The second kappa shape index (κ2) is 17.0. The molecule has 0 spiro atoms. The second-order valence-electron chi connectivity index (χ2n) is 13.9. The number of aliphatic imine (C=N–C) groups is 2. The smallest absolute Gasteiger partial charge is 0.160 e. The molecule has 0 aliphatic carbocycles. The van der Waals surface area contributed by atoms with Gasteiger partial charge in [0.25, 0.3) is 0 Å². The van der Waals surface area contributed by atoms with Gasteiger partial charge in [0.15, 0.2) is 5.82 Å². The predicted molar refractivity (Wildman–Crippen MR) is 241 cm³/mol. The van der Waals surface area contributed by atoms with Crippen molar-refractivity contribution in [2.24, 2.45) is 9.98 Å². The van der Waals surface area contributed by atoms with Crippen molar-refractivity contribution in [1.29, 1.82) is 0 Å². The quantitative estimate of drug-likeness (QED) is 0.0981. The number of hydrogen-bond donors (Lipinski definition) is 0. The van der Waals surface area contributed by atoms with Gasteiger partial charge in [0.05, 0.1) is 29.2 Å². The molecule has 0 saturated heterocycles. The monoisotopic (exact) mass is 734 g/mol. The normalized spacial score (nSPS) is 12.0. The van der Waals surface area contributed by atoms with Crippen LogP contribution in [0.15, 0.2) is 204 Å². The maximum Gasteiger partial charge on any atom is 0.160 e. The maximum atomic E-state index is 5.13. The molecule has 274 valence electrons. The van der Waals surface area contributed by atoms with Crippen LogP contribution in [0.25, 0.3) is 61.2 Å². The third-order valence-electron chi connectivity index (χ3n) is 10.2. The number of aromatic nitrogens is 2. The van der Waals surface area contributed by atoms with Crippen molar-refractivity contribution in [1.82, 2.24) is 9.97 Å². The fraction of sp³-hybridized carbons (Fsp3) is 0.0566. The summed E-state index contributed by atoms with van der Waals surface area (Å²) in [6, 6.07) is 61.2. The van der Waals surface area contributed by atoms with Crippen molar-refractivity contribution in [2.45, 2.75) is 20.4 Å². The highest BCUT2D eigenvalue weighted by molar-refractivity contribution is 6.15. The standard InChI is InChI=1S/C53H42N4/c1-4-5-17-37(2)51-48-25-14-16-27-50(48)56-53(57-51)42-34-32-40(33-35-42)44-21-10-12-23-46(44)45-22-11-9-20-43(45)39-30-28-38(29-31-39)36-55-52(41-18-7-6-8-19-41)47-24-13-15-26-49(47)54-3/h4-35H,3,36H2,1-2H3/b5-4-,37-17+,55-52-. The third kappa shape index (κ3) is 7.93. The Bertz CT molecular complexity index is 2780. The summed E-state index contributed by atoms with van der Waals surface area (Å²) in [5, 5.41) is 1.05. The van der Waals surface area contributed by atoms with Crippen LogP contribution in [0, 0.1) is 0 Å². The van der Waals surface area contributed by atoms with E-state index in [4.69, 9.17) is 15.0 Å². The van der Waals surface area contributed by atoms with Gasteiger partial charge in [-0.15, -0.1) is 0 Å². The molecule has 0 amide bonds. The van der Waals surface area contributed by atoms with Crippen LogP contribution in [0.1, 0.15) is 36.2 Å². The molecule has 1 heterocycles. The second-order valence-corrected chi connectivity index (χ2v) is 13.9. The van der Waals surface area contributed by atoms with E-state index in [2.05, 4.69) is 152 Å². The van der Waals surface area contributed by atoms with E-state index < -0.39 is 0 Å². The zero-order valence-electron chi connectivity index (χ0n) is 32.2. The molecule has 4 nitrogen and oxygen atoms in total. The Morgan fingerprint density at radius 3 is 1.81 bits per heavy atom. The molecule has 57 heavy (non-hydrogen) atoms. The van der Waals surface area contributed by atoms with Crippen LogP contribution in [0.2, 0.25) is 0 Å². The van der Waals surface area contributed by atoms with Crippen molar-refractivity contribution in [2.75, 3.05) is 0 Å². The van der Waals surface area contributed by atoms with E-state index in [0.29, 0.717) is 12.4 Å². The Kier molecular flexibility index (Phi) is 10.9. The van der Waals surface area contributed by atoms with Gasteiger partial charge in [0, 0.05) is 22.1 Å². The lowest BCUT2D eigenvalue weighted by Gasteiger charge is -2.15. The number of para-hydroxylation sites is 2. The van der Waals surface area contributed by atoms with Crippen LogP contribution < -0.4 is 0 Å². The van der Waals surface area contributed by atoms with Crippen LogP contribution in [0.5, 0.6) is 0 Å². The highest BCUT2D eigenvalue weighted by Crippen LogP contribution is 2.39. The zero-order chi connectivity index (χ0) is 39.0. The molecule has 0 N–H and O–H groups in total. The van der Waals surface area contributed by atoms with Gasteiger partial charge in [0.1, 0.15) is 0 Å². The number of nitrogens with zero attached hydrogens (tertiary/aromatic N) is 4. The third-order valence-corrected chi connectivity index (χ3v) is 10.2. The van der Waals surface area contributed by atoms with Gasteiger partial charge in [-0.3, -0.25) is 9.98 Å². The summed E-state index contributed by atoms with van der Waals surface area (Å²) >= 11 is 0. The number of allylic oxidation sites excluding steroid dienone is 4. The fourth-order valence-corrected chi connectivity index (χ4v) is 7.26. The number of fused-ring (bicyclic) bond motifs is 1. The fourth-order valence-electron chi connectivity index (χ4n) is 7.26. The maximum absolute atomic E-state index is 5.13. The van der Waals surface area contributed by atoms with Gasteiger partial charge in [0.2, 0.25) is 0 Å². The van der Waals surface area contributed by atoms with Crippen molar-refractivity contribution in [3.8, 4) is 44.8 Å². The molecule has 7 aromatic carbocycles. The molecule has 8 aromatic rings. The van der Waals surface area contributed by atoms with E-state index in [0.717, 1.165) is 72.5 Å². The first kappa shape index (κ1) is 36.7. The van der Waals surface area contributed by atoms with E-state index in [1.807, 2.05) is 67.6 Å². The van der Waals surface area contributed by atoms with Gasteiger partial charge < -0.3 is 0 Å². The average molecular weight is 735 g/mol. The summed E-state index contributed by atoms with van der Waals surface area (Å²) in [5.41, 5.74) is 15.8. The van der Waals surface area contributed by atoms with Crippen molar-refractivity contribution in [3.05, 3.63) is 217 Å². The molecule has 0 unspecified atom stereocenters. The van der Waals surface area contributed by atoms with Crippen LogP contribution in [-0.4, -0.2) is 22.4 Å². The van der Waals surface area contributed by atoms with Gasteiger partial charge in [-0.2, -0.15) is 0 Å². The van der Waals surface area contributed by atoms with Crippen LogP contribution in [0.3, 0.4) is 0 Å². The SMILES string of the molecule is C=Nc1ccccc1/C(=N\Cc1ccc(-c2ccccc2-c2ccccc2-c2ccc(-c3nc(/C(C)=C/C=C\C)c4ccccc4n3)cc2)cc1)c1ccccc1. The lowest BCUT2D eigenvalue weighted by atomic mass is 9.89. The number of rotatable bonds is 11. The minimum atomic E-state index is 0.536. The Balaban J connectivity index is 1.09. The lowest BCUT2D eigenvalue weighted by molar-refractivity contribution is 1.07. The lowest BCUT2D eigenvalue weighted by Crippen LogP contribution is -2.04. The molecule has 0 fully saturated rings. The Morgan fingerprint density at radius 2 is 1.14 bits per heavy atom. The summed E-state index contributed by atoms with van der Waals surface area (Å²) in [7, 11) is 0. The predicted octanol–water partition coefficient (Wildman–Crippen LogP) is 13.6. The number of benzene rings is 7.